The Morgan fingerprint density at radius 1 is 1.56 bits per heavy atom. The number of carbonyl (C=O) groups is 1. The minimum Gasteiger partial charge on any atom is -0.481 e. The Labute approximate surface area is 106 Å². The zero-order valence-electron chi connectivity index (χ0n) is 8.99. The van der Waals surface area contributed by atoms with Crippen LogP contribution in [0.3, 0.4) is 0 Å². The zero-order chi connectivity index (χ0) is 13.7. The van der Waals surface area contributed by atoms with Crippen molar-refractivity contribution in [2.24, 2.45) is 0 Å². The van der Waals surface area contributed by atoms with Crippen molar-refractivity contribution in [3.63, 3.8) is 0 Å². The van der Waals surface area contributed by atoms with Crippen molar-refractivity contribution < 1.29 is 23.4 Å². The molecule has 1 rings (SSSR count). The van der Waals surface area contributed by atoms with E-state index in [1.54, 1.807) is 6.07 Å². The average molecular weight is 276 g/mol. The molecule has 0 heterocycles. The third-order valence-electron chi connectivity index (χ3n) is 2.16. The average Bonchev–Trinajstić information content (AvgIpc) is 2.28. The molecular formula is C11H8ClF2NO3. The summed E-state index contributed by atoms with van der Waals surface area (Å²) in [6.07, 6.45) is -0.382. The van der Waals surface area contributed by atoms with Gasteiger partial charge in [0.05, 0.1) is 17.9 Å². The van der Waals surface area contributed by atoms with Crippen molar-refractivity contribution >= 4 is 17.6 Å². The molecule has 18 heavy (non-hydrogen) atoms. The molecule has 7 heteroatoms. The lowest BCUT2D eigenvalue weighted by Gasteiger charge is -2.13. The van der Waals surface area contributed by atoms with E-state index >= 15 is 0 Å². The molecule has 0 amide bonds. The number of hydrogen-bond acceptors (Lipinski definition) is 3. The Morgan fingerprint density at radius 2 is 2.22 bits per heavy atom. The lowest BCUT2D eigenvalue weighted by atomic mass is 10.0. The summed E-state index contributed by atoms with van der Waals surface area (Å²) < 4.78 is 28.8. The summed E-state index contributed by atoms with van der Waals surface area (Å²) in [5, 5.41) is 17.5. The van der Waals surface area contributed by atoms with Gasteiger partial charge in [-0.3, -0.25) is 4.79 Å². The van der Waals surface area contributed by atoms with E-state index < -0.39 is 12.6 Å². The van der Waals surface area contributed by atoms with Crippen LogP contribution in [0.1, 0.15) is 16.7 Å². The van der Waals surface area contributed by atoms with E-state index in [4.69, 9.17) is 22.0 Å². The lowest BCUT2D eigenvalue weighted by Crippen LogP contribution is -2.09. The number of nitriles is 1. The first-order chi connectivity index (χ1) is 8.49. The van der Waals surface area contributed by atoms with Crippen LogP contribution in [-0.2, 0) is 17.1 Å². The fraction of sp³-hybridized carbons (Fsp3) is 0.273. The molecule has 0 radical (unpaired) electrons. The van der Waals surface area contributed by atoms with E-state index in [-0.39, 0.29) is 34.7 Å². The van der Waals surface area contributed by atoms with Crippen molar-refractivity contribution in [3.05, 3.63) is 28.8 Å². The van der Waals surface area contributed by atoms with Gasteiger partial charge in [0.1, 0.15) is 11.8 Å². The number of halogens is 3. The predicted molar refractivity (Wildman–Crippen MR) is 58.7 cm³/mol. The van der Waals surface area contributed by atoms with Crippen LogP contribution in [-0.4, -0.2) is 17.7 Å². The molecule has 0 fully saturated rings. The molecule has 96 valence electrons. The third kappa shape index (κ3) is 3.31. The molecule has 0 unspecified atom stereocenters. The molecular weight excluding hydrogens is 268 g/mol. The topological polar surface area (TPSA) is 70.3 Å². The van der Waals surface area contributed by atoms with Crippen LogP contribution >= 0.6 is 11.6 Å². The highest BCUT2D eigenvalue weighted by atomic mass is 35.5. The molecule has 1 aromatic carbocycles. The van der Waals surface area contributed by atoms with Crippen molar-refractivity contribution in [2.75, 3.05) is 0 Å². The second-order valence-electron chi connectivity index (χ2n) is 3.27. The molecule has 0 saturated heterocycles. The molecule has 1 N–H and O–H groups in total. The van der Waals surface area contributed by atoms with E-state index in [0.29, 0.717) is 0 Å². The molecule has 1 aromatic rings. The first-order valence-corrected chi connectivity index (χ1v) is 5.30. The van der Waals surface area contributed by atoms with Crippen LogP contribution in [0.5, 0.6) is 5.75 Å². The lowest BCUT2D eigenvalue weighted by molar-refractivity contribution is -0.136. The van der Waals surface area contributed by atoms with Gasteiger partial charge in [0.25, 0.3) is 0 Å². The number of carboxylic acids is 1. The number of ether oxygens (including phenoxy) is 1. The van der Waals surface area contributed by atoms with Gasteiger partial charge in [-0.25, -0.2) is 0 Å². The Bertz CT molecular complexity index is 500. The maximum Gasteiger partial charge on any atom is 0.387 e. The molecule has 0 atom stereocenters. The maximum absolute atomic E-state index is 12.3. The molecule has 0 spiro atoms. The van der Waals surface area contributed by atoms with E-state index in [9.17, 15) is 13.6 Å². The van der Waals surface area contributed by atoms with Gasteiger partial charge in [0.2, 0.25) is 0 Å². The largest absolute Gasteiger partial charge is 0.481 e. The quantitative estimate of drug-likeness (QED) is 0.838. The van der Waals surface area contributed by atoms with E-state index in [1.165, 1.54) is 12.1 Å². The Kier molecular flexibility index (Phi) is 4.86. The van der Waals surface area contributed by atoms with E-state index in [2.05, 4.69) is 4.74 Å². The van der Waals surface area contributed by atoms with Crippen LogP contribution in [0, 0.1) is 11.3 Å². The second kappa shape index (κ2) is 6.17. The molecule has 4 nitrogen and oxygen atoms in total. The zero-order valence-corrected chi connectivity index (χ0v) is 9.75. The fourth-order valence-electron chi connectivity index (χ4n) is 1.46. The number of aliphatic carboxylic acids is 1. The molecule has 0 bridgehead atoms. The number of alkyl halides is 3. The summed E-state index contributed by atoms with van der Waals surface area (Å²) in [6, 6.07) is 4.28. The summed E-state index contributed by atoms with van der Waals surface area (Å²) in [4.78, 5) is 10.6. The van der Waals surface area contributed by atoms with Gasteiger partial charge >= 0.3 is 12.6 Å². The van der Waals surface area contributed by atoms with Crippen LogP contribution in [0.15, 0.2) is 12.1 Å². The van der Waals surface area contributed by atoms with Gasteiger partial charge in [-0.2, -0.15) is 14.0 Å². The highest BCUT2D eigenvalue weighted by molar-refractivity contribution is 6.17. The molecule has 0 aliphatic heterocycles. The summed E-state index contributed by atoms with van der Waals surface area (Å²) >= 11 is 5.61. The van der Waals surface area contributed by atoms with Crippen molar-refractivity contribution in [3.8, 4) is 11.8 Å². The summed E-state index contributed by atoms with van der Waals surface area (Å²) in [5.41, 5.74) is 0.227. The second-order valence-corrected chi connectivity index (χ2v) is 3.54. The number of hydrogen-bond donors (Lipinski definition) is 1. The van der Waals surface area contributed by atoms with Crippen molar-refractivity contribution in [1.29, 1.82) is 5.26 Å². The summed E-state index contributed by atoms with van der Waals surface area (Å²) in [6.45, 7) is -3.11. The number of nitrogens with zero attached hydrogens (tertiary/aromatic N) is 1. The van der Waals surface area contributed by atoms with Crippen molar-refractivity contribution in [2.45, 2.75) is 18.9 Å². The van der Waals surface area contributed by atoms with Crippen LogP contribution in [0.2, 0.25) is 0 Å². The monoisotopic (exact) mass is 275 g/mol. The third-order valence-corrected chi connectivity index (χ3v) is 2.43. The van der Waals surface area contributed by atoms with Gasteiger partial charge in [-0.15, -0.1) is 11.6 Å². The molecule has 0 aliphatic rings. The van der Waals surface area contributed by atoms with Gasteiger partial charge < -0.3 is 9.84 Å². The highest BCUT2D eigenvalue weighted by Crippen LogP contribution is 2.30. The van der Waals surface area contributed by atoms with Gasteiger partial charge in [0, 0.05) is 5.56 Å². The maximum atomic E-state index is 12.3. The SMILES string of the molecule is N#Cc1ccc(CC(=O)O)c(CCl)c1OC(F)F. The van der Waals surface area contributed by atoms with Crippen LogP contribution < -0.4 is 4.74 Å². The van der Waals surface area contributed by atoms with Gasteiger partial charge in [0.15, 0.2) is 0 Å². The Balaban J connectivity index is 3.32. The van der Waals surface area contributed by atoms with Gasteiger partial charge in [-0.05, 0) is 11.6 Å². The number of carboxylic acid groups (broad SMARTS) is 1. The first-order valence-electron chi connectivity index (χ1n) is 4.77. The normalized spacial score (nSPS) is 10.2. The first kappa shape index (κ1) is 14.2. The minimum absolute atomic E-state index is 0.0958. The predicted octanol–water partition coefficient (Wildman–Crippen LogP) is 2.53. The standard InChI is InChI=1S/C11H8ClF2NO3/c12-4-8-6(3-9(16)17)1-2-7(5-15)10(8)18-11(13)14/h1-2,11H,3-4H2,(H,16,17). The smallest absolute Gasteiger partial charge is 0.387 e. The summed E-state index contributed by atoms with van der Waals surface area (Å²) in [7, 11) is 0. The van der Waals surface area contributed by atoms with Crippen molar-refractivity contribution in [1.82, 2.24) is 0 Å². The van der Waals surface area contributed by atoms with E-state index in [1.807, 2.05) is 0 Å². The molecule has 0 saturated carbocycles. The van der Waals surface area contributed by atoms with Gasteiger partial charge in [-0.1, -0.05) is 6.07 Å². The Morgan fingerprint density at radius 3 is 2.67 bits per heavy atom. The number of rotatable bonds is 5. The number of benzene rings is 1. The van der Waals surface area contributed by atoms with Crippen LogP contribution in [0.25, 0.3) is 0 Å². The summed E-state index contributed by atoms with van der Waals surface area (Å²) in [5.74, 6) is -1.71. The van der Waals surface area contributed by atoms with Crippen LogP contribution in [0.4, 0.5) is 8.78 Å². The minimum atomic E-state index is -3.11. The fourth-order valence-corrected chi connectivity index (χ4v) is 1.75. The highest BCUT2D eigenvalue weighted by Gasteiger charge is 2.18. The Hall–Kier alpha value is -1.87. The van der Waals surface area contributed by atoms with E-state index in [0.717, 1.165) is 0 Å². The molecule has 0 aliphatic carbocycles. The molecule has 0 aromatic heterocycles.